The van der Waals surface area contributed by atoms with E-state index in [1.165, 1.54) is 10.3 Å². The van der Waals surface area contributed by atoms with Gasteiger partial charge >= 0.3 is 0 Å². The highest BCUT2D eigenvalue weighted by Crippen LogP contribution is 2.31. The third-order valence-electron chi connectivity index (χ3n) is 4.94. The number of piperazine rings is 1. The van der Waals surface area contributed by atoms with E-state index in [1.807, 2.05) is 4.90 Å². The molecule has 1 unspecified atom stereocenters. The normalized spacial score (nSPS) is 21.6. The second kappa shape index (κ2) is 6.69. The molecule has 0 N–H and O–H groups in total. The van der Waals surface area contributed by atoms with Crippen molar-refractivity contribution in [2.24, 2.45) is 0 Å². The van der Waals surface area contributed by atoms with Gasteiger partial charge in [0.15, 0.2) is 5.13 Å². The molecule has 0 spiro atoms. The first-order valence-corrected chi connectivity index (χ1v) is 9.61. The molecule has 6 heteroatoms. The first kappa shape index (κ1) is 15.8. The van der Waals surface area contributed by atoms with E-state index in [9.17, 15) is 4.79 Å². The lowest BCUT2D eigenvalue weighted by atomic mass is 10.1. The predicted molar refractivity (Wildman–Crippen MR) is 96.8 cm³/mol. The van der Waals surface area contributed by atoms with E-state index in [-0.39, 0.29) is 12.0 Å². The Morgan fingerprint density at radius 3 is 2.88 bits per heavy atom. The molecule has 0 radical (unpaired) electrons. The SMILES string of the molecule is CCc1cccc2sc(N3CCN(C(=O)C4CCCO4)CC3)nc12. The molecule has 0 aliphatic carbocycles. The van der Waals surface area contributed by atoms with Gasteiger partial charge in [0.25, 0.3) is 5.91 Å². The standard InChI is InChI=1S/C18H23N3O2S/c1-2-13-5-3-7-15-16(13)19-18(24-15)21-10-8-20(9-11-21)17(22)14-6-4-12-23-14/h3,5,7,14H,2,4,6,8-12H2,1H3. The highest BCUT2D eigenvalue weighted by molar-refractivity contribution is 7.22. The minimum Gasteiger partial charge on any atom is -0.368 e. The van der Waals surface area contributed by atoms with Gasteiger partial charge in [-0.05, 0) is 30.9 Å². The first-order valence-electron chi connectivity index (χ1n) is 8.80. The average molecular weight is 345 g/mol. The van der Waals surface area contributed by atoms with Crippen molar-refractivity contribution in [3.8, 4) is 0 Å². The van der Waals surface area contributed by atoms with Crippen molar-refractivity contribution in [2.75, 3.05) is 37.7 Å². The van der Waals surface area contributed by atoms with E-state index >= 15 is 0 Å². The van der Waals surface area contributed by atoms with E-state index < -0.39 is 0 Å². The lowest BCUT2D eigenvalue weighted by molar-refractivity contribution is -0.141. The van der Waals surface area contributed by atoms with Crippen molar-refractivity contribution in [1.82, 2.24) is 9.88 Å². The van der Waals surface area contributed by atoms with Crippen LogP contribution in [0.2, 0.25) is 0 Å². The number of hydrogen-bond donors (Lipinski definition) is 0. The molecule has 0 bridgehead atoms. The van der Waals surface area contributed by atoms with Crippen LogP contribution in [0.15, 0.2) is 18.2 Å². The van der Waals surface area contributed by atoms with Gasteiger partial charge < -0.3 is 14.5 Å². The number of anilines is 1. The van der Waals surface area contributed by atoms with Gasteiger partial charge in [0, 0.05) is 32.8 Å². The molecule has 2 aromatic rings. The van der Waals surface area contributed by atoms with Gasteiger partial charge in [-0.1, -0.05) is 30.4 Å². The van der Waals surface area contributed by atoms with Gasteiger partial charge in [-0.2, -0.15) is 0 Å². The monoisotopic (exact) mass is 345 g/mol. The maximum absolute atomic E-state index is 12.4. The summed E-state index contributed by atoms with van der Waals surface area (Å²) in [7, 11) is 0. The molecule has 4 rings (SSSR count). The Kier molecular flexibility index (Phi) is 4.41. The van der Waals surface area contributed by atoms with Crippen LogP contribution in [-0.2, 0) is 16.0 Å². The number of nitrogens with zero attached hydrogens (tertiary/aromatic N) is 3. The summed E-state index contributed by atoms with van der Waals surface area (Å²) in [5.74, 6) is 0.171. The Morgan fingerprint density at radius 1 is 1.33 bits per heavy atom. The van der Waals surface area contributed by atoms with Crippen LogP contribution in [0.25, 0.3) is 10.2 Å². The molecule has 1 aromatic heterocycles. The quantitative estimate of drug-likeness (QED) is 0.858. The van der Waals surface area contributed by atoms with Crippen molar-refractivity contribution in [1.29, 1.82) is 0 Å². The molecule has 5 nitrogen and oxygen atoms in total. The number of ether oxygens (including phenoxy) is 1. The molecule has 3 heterocycles. The molecular formula is C18H23N3O2S. The highest BCUT2D eigenvalue weighted by atomic mass is 32.1. The predicted octanol–water partition coefficient (Wildman–Crippen LogP) is 2.69. The van der Waals surface area contributed by atoms with E-state index in [0.29, 0.717) is 0 Å². The number of benzene rings is 1. The molecule has 1 amide bonds. The summed E-state index contributed by atoms with van der Waals surface area (Å²) in [6.07, 6.45) is 2.68. The van der Waals surface area contributed by atoms with Crippen LogP contribution in [0.3, 0.4) is 0 Å². The molecule has 2 aliphatic rings. The second-order valence-corrected chi connectivity index (χ2v) is 7.44. The van der Waals surface area contributed by atoms with Crippen LogP contribution in [0, 0.1) is 0 Å². The summed E-state index contributed by atoms with van der Waals surface area (Å²) in [5.41, 5.74) is 2.44. The fraction of sp³-hybridized carbons (Fsp3) is 0.556. The van der Waals surface area contributed by atoms with E-state index in [2.05, 4.69) is 30.0 Å². The van der Waals surface area contributed by atoms with Crippen LogP contribution in [-0.4, -0.2) is 54.7 Å². The Hall–Kier alpha value is -1.66. The summed E-state index contributed by atoms with van der Waals surface area (Å²) < 4.78 is 6.78. The molecule has 0 saturated carbocycles. The number of aryl methyl sites for hydroxylation is 1. The van der Waals surface area contributed by atoms with Gasteiger partial charge in [0.1, 0.15) is 6.10 Å². The van der Waals surface area contributed by atoms with E-state index in [4.69, 9.17) is 9.72 Å². The molecule has 128 valence electrons. The maximum atomic E-state index is 12.4. The van der Waals surface area contributed by atoms with Crippen LogP contribution >= 0.6 is 11.3 Å². The van der Waals surface area contributed by atoms with Crippen LogP contribution in [0.5, 0.6) is 0 Å². The van der Waals surface area contributed by atoms with Crippen molar-refractivity contribution >= 4 is 32.6 Å². The number of carbonyl (C=O) groups excluding carboxylic acids is 1. The highest BCUT2D eigenvalue weighted by Gasteiger charge is 2.30. The zero-order valence-corrected chi connectivity index (χ0v) is 14.8. The van der Waals surface area contributed by atoms with Gasteiger partial charge in [0.2, 0.25) is 0 Å². The Bertz CT molecular complexity index is 731. The van der Waals surface area contributed by atoms with Gasteiger partial charge in [-0.25, -0.2) is 4.98 Å². The molecule has 1 atom stereocenters. The smallest absolute Gasteiger partial charge is 0.251 e. The van der Waals surface area contributed by atoms with E-state index in [1.54, 1.807) is 11.3 Å². The number of thiazole rings is 1. The van der Waals surface area contributed by atoms with Crippen molar-refractivity contribution in [2.45, 2.75) is 32.3 Å². The van der Waals surface area contributed by atoms with E-state index in [0.717, 1.165) is 62.7 Å². The third kappa shape index (κ3) is 2.89. The van der Waals surface area contributed by atoms with Crippen LogP contribution in [0.4, 0.5) is 5.13 Å². The number of carbonyl (C=O) groups is 1. The van der Waals surface area contributed by atoms with Gasteiger partial charge in [-0.15, -0.1) is 0 Å². The number of rotatable bonds is 3. The lowest BCUT2D eigenvalue weighted by Gasteiger charge is -2.35. The summed E-state index contributed by atoms with van der Waals surface area (Å²) in [6.45, 7) is 6.11. The minimum absolute atomic E-state index is 0.171. The maximum Gasteiger partial charge on any atom is 0.251 e. The topological polar surface area (TPSA) is 45.7 Å². The van der Waals surface area contributed by atoms with Crippen LogP contribution < -0.4 is 4.90 Å². The van der Waals surface area contributed by atoms with Crippen LogP contribution in [0.1, 0.15) is 25.3 Å². The van der Waals surface area contributed by atoms with Gasteiger partial charge in [-0.3, -0.25) is 4.79 Å². The fourth-order valence-corrected chi connectivity index (χ4v) is 4.57. The Labute approximate surface area is 146 Å². The molecule has 2 fully saturated rings. The average Bonchev–Trinajstić information content (AvgIpc) is 3.30. The van der Waals surface area contributed by atoms with Crippen molar-refractivity contribution in [3.63, 3.8) is 0 Å². The zero-order valence-electron chi connectivity index (χ0n) is 14.0. The second-order valence-electron chi connectivity index (χ2n) is 6.43. The summed E-state index contributed by atoms with van der Waals surface area (Å²) in [4.78, 5) is 21.6. The third-order valence-corrected chi connectivity index (χ3v) is 6.02. The fourth-order valence-electron chi connectivity index (χ4n) is 3.51. The summed E-state index contributed by atoms with van der Waals surface area (Å²) in [5, 5.41) is 1.08. The number of para-hydroxylation sites is 1. The van der Waals surface area contributed by atoms with Crippen molar-refractivity contribution in [3.05, 3.63) is 23.8 Å². The number of fused-ring (bicyclic) bond motifs is 1. The molecule has 2 aliphatic heterocycles. The Morgan fingerprint density at radius 2 is 2.17 bits per heavy atom. The number of amides is 1. The molecule has 1 aromatic carbocycles. The Balaban J connectivity index is 1.45. The molecule has 2 saturated heterocycles. The lowest BCUT2D eigenvalue weighted by Crippen LogP contribution is -2.51. The van der Waals surface area contributed by atoms with Gasteiger partial charge in [0.05, 0.1) is 10.2 Å². The zero-order chi connectivity index (χ0) is 16.5. The molecular weight excluding hydrogens is 322 g/mol. The molecule has 24 heavy (non-hydrogen) atoms. The first-order chi connectivity index (χ1) is 11.8. The van der Waals surface area contributed by atoms with Crippen molar-refractivity contribution < 1.29 is 9.53 Å². The summed E-state index contributed by atoms with van der Waals surface area (Å²) in [6, 6.07) is 6.41. The number of hydrogen-bond acceptors (Lipinski definition) is 5. The number of aromatic nitrogens is 1. The minimum atomic E-state index is -0.203. The largest absolute Gasteiger partial charge is 0.368 e. The summed E-state index contributed by atoms with van der Waals surface area (Å²) >= 11 is 1.75.